The molecule has 0 aliphatic rings. The van der Waals surface area contributed by atoms with Crippen LogP contribution in [0.1, 0.15) is 48.8 Å². The van der Waals surface area contributed by atoms with E-state index in [0.29, 0.717) is 12.2 Å². The highest BCUT2D eigenvalue weighted by Crippen LogP contribution is 2.31. The summed E-state index contributed by atoms with van der Waals surface area (Å²) in [5.74, 6) is -0.411. The van der Waals surface area contributed by atoms with Gasteiger partial charge in [-0.3, -0.25) is 4.79 Å². The number of aromatic nitrogens is 1. The first-order chi connectivity index (χ1) is 12.4. The Bertz CT molecular complexity index is 778. The van der Waals surface area contributed by atoms with Gasteiger partial charge in [0, 0.05) is 11.7 Å². The molecule has 0 aliphatic heterocycles. The molecule has 5 nitrogen and oxygen atoms in total. The van der Waals surface area contributed by atoms with Crippen LogP contribution in [0.15, 0.2) is 30.3 Å². The van der Waals surface area contributed by atoms with Gasteiger partial charge < -0.3 is 14.6 Å². The summed E-state index contributed by atoms with van der Waals surface area (Å²) in [6.07, 6.45) is 0.870. The van der Waals surface area contributed by atoms with Gasteiger partial charge in [-0.2, -0.15) is 0 Å². The lowest BCUT2D eigenvalue weighted by molar-refractivity contribution is -0.122. The average molecular weight is 356 g/mol. The number of ether oxygens (including phenoxy) is 1. The van der Waals surface area contributed by atoms with Crippen LogP contribution in [-0.2, 0) is 16.1 Å². The Hall–Kier alpha value is -2.56. The van der Waals surface area contributed by atoms with Crippen LogP contribution in [0.25, 0.3) is 11.3 Å². The van der Waals surface area contributed by atoms with Gasteiger partial charge in [0.25, 0.3) is 0 Å². The molecule has 1 heterocycles. The number of hydrogen-bond donors (Lipinski definition) is 1. The molecule has 2 aromatic rings. The molecule has 0 radical (unpaired) electrons. The lowest BCUT2D eigenvalue weighted by Crippen LogP contribution is -2.35. The smallest absolute Gasteiger partial charge is 0.340 e. The van der Waals surface area contributed by atoms with Crippen molar-refractivity contribution in [2.24, 2.45) is 0 Å². The zero-order chi connectivity index (χ0) is 19.3. The first-order valence-electron chi connectivity index (χ1n) is 9.12. The van der Waals surface area contributed by atoms with Crippen LogP contribution in [0, 0.1) is 13.8 Å². The number of carbonyl (C=O) groups is 2. The maximum absolute atomic E-state index is 12.5. The molecule has 0 bridgehead atoms. The van der Waals surface area contributed by atoms with Crippen molar-refractivity contribution in [3.63, 3.8) is 0 Å². The maximum atomic E-state index is 12.5. The Morgan fingerprint density at radius 2 is 1.81 bits per heavy atom. The molecule has 0 saturated heterocycles. The van der Waals surface area contributed by atoms with E-state index in [2.05, 4.69) is 5.32 Å². The van der Waals surface area contributed by atoms with Crippen LogP contribution in [0.2, 0.25) is 0 Å². The molecule has 1 amide bonds. The molecular weight excluding hydrogens is 328 g/mol. The van der Waals surface area contributed by atoms with E-state index in [0.717, 1.165) is 28.9 Å². The normalized spacial score (nSPS) is 11.9. The number of carbonyl (C=O) groups excluding carboxylic acids is 2. The van der Waals surface area contributed by atoms with Crippen LogP contribution in [0.3, 0.4) is 0 Å². The van der Waals surface area contributed by atoms with Gasteiger partial charge in [0.05, 0.1) is 17.9 Å². The van der Waals surface area contributed by atoms with Crippen molar-refractivity contribution in [1.29, 1.82) is 0 Å². The molecule has 140 valence electrons. The summed E-state index contributed by atoms with van der Waals surface area (Å²) in [6.45, 7) is 10.1. The minimum Gasteiger partial charge on any atom is -0.462 e. The molecule has 1 aromatic heterocycles. The third-order valence-corrected chi connectivity index (χ3v) is 4.62. The molecule has 2 rings (SSSR count). The summed E-state index contributed by atoms with van der Waals surface area (Å²) >= 11 is 0. The van der Waals surface area contributed by atoms with Crippen molar-refractivity contribution in [1.82, 2.24) is 9.88 Å². The van der Waals surface area contributed by atoms with E-state index < -0.39 is 0 Å². The summed E-state index contributed by atoms with van der Waals surface area (Å²) in [5.41, 5.74) is 3.98. The highest BCUT2D eigenvalue weighted by atomic mass is 16.5. The molecule has 26 heavy (non-hydrogen) atoms. The van der Waals surface area contributed by atoms with Crippen molar-refractivity contribution >= 4 is 11.9 Å². The third-order valence-electron chi connectivity index (χ3n) is 4.62. The molecule has 1 atom stereocenters. The molecule has 0 aliphatic carbocycles. The predicted octanol–water partition coefficient (Wildman–Crippen LogP) is 3.86. The fourth-order valence-electron chi connectivity index (χ4n) is 3.13. The number of amides is 1. The van der Waals surface area contributed by atoms with Gasteiger partial charge in [0.1, 0.15) is 6.54 Å². The predicted molar refractivity (Wildman–Crippen MR) is 103 cm³/mol. The number of nitrogens with zero attached hydrogens (tertiary/aromatic N) is 1. The first kappa shape index (κ1) is 19.8. The lowest BCUT2D eigenvalue weighted by atomic mass is 10.1. The van der Waals surface area contributed by atoms with E-state index in [9.17, 15) is 9.59 Å². The second kappa shape index (κ2) is 8.70. The Kier molecular flexibility index (Phi) is 6.61. The highest BCUT2D eigenvalue weighted by molar-refractivity contribution is 5.95. The number of hydrogen-bond acceptors (Lipinski definition) is 3. The minimum absolute atomic E-state index is 0.0648. The Balaban J connectivity index is 2.52. The van der Waals surface area contributed by atoms with Gasteiger partial charge in [-0.25, -0.2) is 4.79 Å². The van der Waals surface area contributed by atoms with Gasteiger partial charge in [-0.15, -0.1) is 0 Å². The highest BCUT2D eigenvalue weighted by Gasteiger charge is 2.25. The van der Waals surface area contributed by atoms with Gasteiger partial charge in [-0.05, 0) is 45.2 Å². The van der Waals surface area contributed by atoms with Gasteiger partial charge in [0.15, 0.2) is 0 Å². The van der Waals surface area contributed by atoms with Crippen molar-refractivity contribution in [2.75, 3.05) is 6.61 Å². The molecule has 1 aromatic carbocycles. The van der Waals surface area contributed by atoms with E-state index >= 15 is 0 Å². The maximum Gasteiger partial charge on any atom is 0.340 e. The van der Waals surface area contributed by atoms with E-state index in [1.165, 1.54) is 0 Å². The fourth-order valence-corrected chi connectivity index (χ4v) is 3.13. The lowest BCUT2D eigenvalue weighted by Gasteiger charge is -2.15. The van der Waals surface area contributed by atoms with Crippen LogP contribution < -0.4 is 5.32 Å². The van der Waals surface area contributed by atoms with Crippen LogP contribution >= 0.6 is 0 Å². The molecule has 1 N–H and O–H groups in total. The second-order valence-corrected chi connectivity index (χ2v) is 6.48. The van der Waals surface area contributed by atoms with Gasteiger partial charge >= 0.3 is 5.97 Å². The fraction of sp³-hybridized carbons (Fsp3) is 0.429. The largest absolute Gasteiger partial charge is 0.462 e. The first-order valence-corrected chi connectivity index (χ1v) is 9.12. The topological polar surface area (TPSA) is 60.3 Å². The van der Waals surface area contributed by atoms with E-state index in [-0.39, 0.29) is 24.5 Å². The van der Waals surface area contributed by atoms with E-state index in [1.807, 2.05) is 62.6 Å². The zero-order valence-electron chi connectivity index (χ0n) is 16.3. The molecular formula is C21H28N2O3. The SMILES string of the molecule is CCOC(=O)c1c(C)c(-c2ccccc2)n(CC(=O)NC(C)CC)c1C. The summed E-state index contributed by atoms with van der Waals surface area (Å²) in [7, 11) is 0. The quantitative estimate of drug-likeness (QED) is 0.766. The van der Waals surface area contributed by atoms with Gasteiger partial charge in [-0.1, -0.05) is 37.3 Å². The molecule has 1 unspecified atom stereocenters. The van der Waals surface area contributed by atoms with Crippen molar-refractivity contribution < 1.29 is 14.3 Å². The number of rotatable bonds is 7. The number of nitrogens with one attached hydrogen (secondary N) is 1. The number of benzene rings is 1. The average Bonchev–Trinajstić information content (AvgIpc) is 2.85. The second-order valence-electron chi connectivity index (χ2n) is 6.48. The molecule has 5 heteroatoms. The van der Waals surface area contributed by atoms with E-state index in [4.69, 9.17) is 4.74 Å². The van der Waals surface area contributed by atoms with E-state index in [1.54, 1.807) is 6.92 Å². The summed E-state index contributed by atoms with van der Waals surface area (Å²) in [4.78, 5) is 24.9. The van der Waals surface area contributed by atoms with Crippen LogP contribution in [0.4, 0.5) is 0 Å². The van der Waals surface area contributed by atoms with Crippen LogP contribution in [0.5, 0.6) is 0 Å². The Labute approximate surface area is 155 Å². The monoisotopic (exact) mass is 356 g/mol. The van der Waals surface area contributed by atoms with Crippen molar-refractivity contribution in [3.05, 3.63) is 47.2 Å². The zero-order valence-corrected chi connectivity index (χ0v) is 16.3. The molecule has 0 spiro atoms. The van der Waals surface area contributed by atoms with Crippen molar-refractivity contribution in [3.8, 4) is 11.3 Å². The summed E-state index contributed by atoms with van der Waals surface area (Å²) < 4.78 is 7.14. The Morgan fingerprint density at radius 1 is 1.15 bits per heavy atom. The Morgan fingerprint density at radius 3 is 2.38 bits per heavy atom. The van der Waals surface area contributed by atoms with Crippen molar-refractivity contribution in [2.45, 2.75) is 53.6 Å². The number of esters is 1. The minimum atomic E-state index is -0.347. The van der Waals surface area contributed by atoms with Gasteiger partial charge in [0.2, 0.25) is 5.91 Å². The summed E-state index contributed by atoms with van der Waals surface area (Å²) in [6, 6.07) is 9.93. The summed E-state index contributed by atoms with van der Waals surface area (Å²) in [5, 5.41) is 2.99. The standard InChI is InChI=1S/C21H28N2O3/c1-6-14(3)22-18(24)13-23-16(5)19(21(25)26-7-2)15(4)20(23)17-11-9-8-10-12-17/h8-12,14H,6-7,13H2,1-5H3,(H,22,24). The molecule has 0 saturated carbocycles. The molecule has 0 fully saturated rings. The third kappa shape index (κ3) is 4.15. The van der Waals surface area contributed by atoms with Crippen LogP contribution in [-0.4, -0.2) is 29.1 Å².